The van der Waals surface area contributed by atoms with Gasteiger partial charge in [0.1, 0.15) is 5.60 Å². The van der Waals surface area contributed by atoms with E-state index in [1.54, 1.807) is 0 Å². The van der Waals surface area contributed by atoms with E-state index in [1.807, 2.05) is 52.8 Å². The fourth-order valence-electron chi connectivity index (χ4n) is 2.08. The van der Waals surface area contributed by atoms with Crippen LogP contribution in [-0.2, 0) is 9.53 Å². The Labute approximate surface area is 109 Å². The molecule has 18 heavy (non-hydrogen) atoms. The third-order valence-electron chi connectivity index (χ3n) is 2.72. The molecule has 0 saturated heterocycles. The molecule has 100 valence electrons. The first-order valence-electron chi connectivity index (χ1n) is 6.24. The number of hydrogen-bond acceptors (Lipinski definition) is 3. The van der Waals surface area contributed by atoms with Crippen molar-refractivity contribution in [3.63, 3.8) is 0 Å². The highest BCUT2D eigenvalue weighted by Crippen LogP contribution is 2.23. The van der Waals surface area contributed by atoms with Crippen molar-refractivity contribution in [1.82, 2.24) is 0 Å². The Bertz CT molecular complexity index is 412. The number of nitrogens with two attached hydrogens (primary N) is 1. The van der Waals surface area contributed by atoms with E-state index in [4.69, 9.17) is 10.5 Å². The third-order valence-corrected chi connectivity index (χ3v) is 2.72. The summed E-state index contributed by atoms with van der Waals surface area (Å²) in [4.78, 5) is 11.8. The topological polar surface area (TPSA) is 52.3 Å². The molecule has 0 fully saturated rings. The van der Waals surface area contributed by atoms with E-state index in [1.165, 1.54) is 0 Å². The van der Waals surface area contributed by atoms with E-state index in [0.29, 0.717) is 0 Å². The van der Waals surface area contributed by atoms with Gasteiger partial charge in [0.05, 0.1) is 6.42 Å². The first-order chi connectivity index (χ1) is 8.20. The van der Waals surface area contributed by atoms with Crippen molar-refractivity contribution in [3.8, 4) is 0 Å². The smallest absolute Gasteiger partial charge is 0.308 e. The highest BCUT2D eigenvalue weighted by molar-refractivity contribution is 5.71. The standard InChI is InChI=1S/C15H23NO2/c1-10-7-6-8-11(2)14(10)12(16)9-13(17)18-15(3,4)5/h6-8,12H,9,16H2,1-5H3/t12-/m0/s1. The molecule has 0 aromatic heterocycles. The lowest BCUT2D eigenvalue weighted by Gasteiger charge is -2.22. The van der Waals surface area contributed by atoms with Gasteiger partial charge in [-0.3, -0.25) is 4.79 Å². The summed E-state index contributed by atoms with van der Waals surface area (Å²) in [7, 11) is 0. The van der Waals surface area contributed by atoms with Crippen LogP contribution in [0.25, 0.3) is 0 Å². The SMILES string of the molecule is Cc1cccc(C)c1[C@@H](N)CC(=O)OC(C)(C)C. The lowest BCUT2D eigenvalue weighted by atomic mass is 9.95. The molecule has 0 aliphatic heterocycles. The summed E-state index contributed by atoms with van der Waals surface area (Å²) in [6, 6.07) is 5.71. The minimum atomic E-state index is -0.461. The van der Waals surface area contributed by atoms with Gasteiger partial charge in [-0.15, -0.1) is 0 Å². The van der Waals surface area contributed by atoms with Crippen LogP contribution < -0.4 is 5.73 Å². The van der Waals surface area contributed by atoms with Crippen LogP contribution in [0.15, 0.2) is 18.2 Å². The molecule has 1 aromatic rings. The van der Waals surface area contributed by atoms with Gasteiger partial charge in [0.15, 0.2) is 0 Å². The maximum absolute atomic E-state index is 11.8. The summed E-state index contributed by atoms with van der Waals surface area (Å²) in [6.45, 7) is 9.59. The Morgan fingerprint density at radius 2 is 1.78 bits per heavy atom. The Kier molecular flexibility index (Phi) is 4.52. The zero-order valence-electron chi connectivity index (χ0n) is 11.9. The molecule has 0 radical (unpaired) electrons. The zero-order valence-corrected chi connectivity index (χ0v) is 11.9. The Morgan fingerprint density at radius 3 is 2.22 bits per heavy atom. The van der Waals surface area contributed by atoms with Crippen LogP contribution in [0.1, 0.15) is 49.9 Å². The number of esters is 1. The van der Waals surface area contributed by atoms with Crippen LogP contribution in [0.2, 0.25) is 0 Å². The van der Waals surface area contributed by atoms with Crippen molar-refractivity contribution < 1.29 is 9.53 Å². The average molecular weight is 249 g/mol. The molecule has 0 aliphatic rings. The normalized spacial score (nSPS) is 13.2. The van der Waals surface area contributed by atoms with E-state index in [9.17, 15) is 4.79 Å². The molecule has 0 spiro atoms. The Morgan fingerprint density at radius 1 is 1.28 bits per heavy atom. The fraction of sp³-hybridized carbons (Fsp3) is 0.533. The van der Waals surface area contributed by atoms with E-state index in [2.05, 4.69) is 0 Å². The number of benzene rings is 1. The Balaban J connectivity index is 2.77. The second-order valence-corrected chi connectivity index (χ2v) is 5.70. The van der Waals surface area contributed by atoms with Gasteiger partial charge in [-0.2, -0.15) is 0 Å². The van der Waals surface area contributed by atoms with Gasteiger partial charge in [0.2, 0.25) is 0 Å². The molecule has 1 aromatic carbocycles. The minimum absolute atomic E-state index is 0.211. The molecule has 1 rings (SSSR count). The van der Waals surface area contributed by atoms with Gasteiger partial charge >= 0.3 is 5.97 Å². The molecule has 2 N–H and O–H groups in total. The van der Waals surface area contributed by atoms with Gasteiger partial charge in [-0.1, -0.05) is 18.2 Å². The van der Waals surface area contributed by atoms with Crippen LogP contribution in [0.5, 0.6) is 0 Å². The van der Waals surface area contributed by atoms with E-state index >= 15 is 0 Å². The number of carbonyl (C=O) groups is 1. The van der Waals surface area contributed by atoms with Crippen molar-refractivity contribution >= 4 is 5.97 Å². The molecule has 0 amide bonds. The minimum Gasteiger partial charge on any atom is -0.460 e. The van der Waals surface area contributed by atoms with Crippen molar-refractivity contribution in [1.29, 1.82) is 0 Å². The summed E-state index contributed by atoms with van der Waals surface area (Å²) < 4.78 is 5.29. The number of carbonyl (C=O) groups excluding carboxylic acids is 1. The van der Waals surface area contributed by atoms with Crippen LogP contribution in [0.3, 0.4) is 0 Å². The first-order valence-corrected chi connectivity index (χ1v) is 6.24. The van der Waals surface area contributed by atoms with Gasteiger partial charge in [0, 0.05) is 6.04 Å². The molecule has 0 saturated carbocycles. The van der Waals surface area contributed by atoms with Gasteiger partial charge in [-0.05, 0) is 51.3 Å². The van der Waals surface area contributed by atoms with E-state index in [-0.39, 0.29) is 18.4 Å². The number of aryl methyl sites for hydroxylation is 2. The number of rotatable bonds is 3. The lowest BCUT2D eigenvalue weighted by molar-refractivity contribution is -0.155. The fourth-order valence-corrected chi connectivity index (χ4v) is 2.08. The van der Waals surface area contributed by atoms with Crippen molar-refractivity contribution in [3.05, 3.63) is 34.9 Å². The maximum atomic E-state index is 11.8. The lowest BCUT2D eigenvalue weighted by Crippen LogP contribution is -2.27. The summed E-state index contributed by atoms with van der Waals surface area (Å²) in [6.07, 6.45) is 0.211. The molecule has 0 unspecified atom stereocenters. The largest absolute Gasteiger partial charge is 0.460 e. The molecule has 0 aliphatic carbocycles. The predicted octanol–water partition coefficient (Wildman–Crippen LogP) is 3.04. The average Bonchev–Trinajstić information content (AvgIpc) is 2.13. The maximum Gasteiger partial charge on any atom is 0.308 e. The van der Waals surface area contributed by atoms with Crippen molar-refractivity contribution in [2.24, 2.45) is 5.73 Å². The number of hydrogen-bond donors (Lipinski definition) is 1. The second kappa shape index (κ2) is 5.53. The molecule has 3 heteroatoms. The highest BCUT2D eigenvalue weighted by Gasteiger charge is 2.21. The van der Waals surface area contributed by atoms with Gasteiger partial charge < -0.3 is 10.5 Å². The molecule has 0 heterocycles. The quantitative estimate of drug-likeness (QED) is 0.838. The molecule has 1 atom stereocenters. The second-order valence-electron chi connectivity index (χ2n) is 5.70. The molecular weight excluding hydrogens is 226 g/mol. The summed E-state index contributed by atoms with van der Waals surface area (Å²) >= 11 is 0. The van der Waals surface area contributed by atoms with Gasteiger partial charge in [-0.25, -0.2) is 0 Å². The predicted molar refractivity (Wildman–Crippen MR) is 73.3 cm³/mol. The monoisotopic (exact) mass is 249 g/mol. The van der Waals surface area contributed by atoms with E-state index < -0.39 is 5.60 Å². The van der Waals surface area contributed by atoms with E-state index in [0.717, 1.165) is 16.7 Å². The van der Waals surface area contributed by atoms with Crippen LogP contribution in [-0.4, -0.2) is 11.6 Å². The molecule has 3 nitrogen and oxygen atoms in total. The zero-order chi connectivity index (χ0) is 13.9. The third kappa shape index (κ3) is 4.15. The Hall–Kier alpha value is -1.35. The highest BCUT2D eigenvalue weighted by atomic mass is 16.6. The summed E-state index contributed by atoms with van der Waals surface area (Å²) in [5, 5.41) is 0. The van der Waals surface area contributed by atoms with Gasteiger partial charge in [0.25, 0.3) is 0 Å². The first kappa shape index (κ1) is 14.7. The number of ether oxygens (including phenoxy) is 1. The van der Waals surface area contributed by atoms with Crippen LogP contribution in [0.4, 0.5) is 0 Å². The van der Waals surface area contributed by atoms with Crippen molar-refractivity contribution in [2.45, 2.75) is 52.7 Å². The molecular formula is C15H23NO2. The molecule has 0 bridgehead atoms. The summed E-state index contributed by atoms with van der Waals surface area (Å²) in [5.74, 6) is -0.252. The van der Waals surface area contributed by atoms with Crippen molar-refractivity contribution in [2.75, 3.05) is 0 Å². The summed E-state index contributed by atoms with van der Waals surface area (Å²) in [5.41, 5.74) is 8.93. The van der Waals surface area contributed by atoms with Crippen LogP contribution in [0, 0.1) is 13.8 Å². The van der Waals surface area contributed by atoms with Crippen LogP contribution >= 0.6 is 0 Å².